The molecule has 0 saturated heterocycles. The van der Waals surface area contributed by atoms with E-state index in [9.17, 15) is 9.59 Å². The molecule has 0 aliphatic carbocycles. The Morgan fingerprint density at radius 3 is 2.27 bits per heavy atom. The molecule has 1 aromatic carbocycles. The van der Waals surface area contributed by atoms with E-state index in [0.717, 1.165) is 0 Å². The zero-order valence-corrected chi connectivity index (χ0v) is 13.5. The number of amides is 2. The molecule has 0 heterocycles. The van der Waals surface area contributed by atoms with Crippen molar-refractivity contribution in [1.82, 2.24) is 5.32 Å². The average molecular weight is 308 g/mol. The van der Waals surface area contributed by atoms with E-state index in [2.05, 4.69) is 5.32 Å². The van der Waals surface area contributed by atoms with Gasteiger partial charge in [0.05, 0.1) is 19.1 Å². The number of carbonyl (C=O) groups is 2. The van der Waals surface area contributed by atoms with Gasteiger partial charge in [0.25, 0.3) is 5.91 Å². The Balaban J connectivity index is 2.89. The minimum Gasteiger partial charge on any atom is -0.490 e. The summed E-state index contributed by atoms with van der Waals surface area (Å²) in [5.41, 5.74) is 5.68. The Morgan fingerprint density at radius 2 is 1.73 bits per heavy atom. The smallest absolute Gasteiger partial charge is 0.251 e. The SMILES string of the molecule is CCOc1ccc(C(=O)NC(C)C(C)C(N)=O)cc1OCC. The molecule has 22 heavy (non-hydrogen) atoms. The Kier molecular flexibility index (Phi) is 6.69. The molecule has 0 aromatic heterocycles. The Bertz CT molecular complexity index is 531. The minimum atomic E-state index is -0.450. The highest BCUT2D eigenvalue weighted by atomic mass is 16.5. The highest BCUT2D eigenvalue weighted by Crippen LogP contribution is 2.28. The lowest BCUT2D eigenvalue weighted by Crippen LogP contribution is -2.42. The van der Waals surface area contributed by atoms with Crippen molar-refractivity contribution < 1.29 is 19.1 Å². The molecule has 0 bridgehead atoms. The molecule has 3 N–H and O–H groups in total. The van der Waals surface area contributed by atoms with Gasteiger partial charge >= 0.3 is 0 Å². The molecular formula is C16H24N2O4. The van der Waals surface area contributed by atoms with E-state index in [1.165, 1.54) is 0 Å². The zero-order chi connectivity index (χ0) is 16.7. The predicted molar refractivity (Wildman–Crippen MR) is 84.1 cm³/mol. The summed E-state index contributed by atoms with van der Waals surface area (Å²) >= 11 is 0. The van der Waals surface area contributed by atoms with Crippen molar-refractivity contribution >= 4 is 11.8 Å². The van der Waals surface area contributed by atoms with Crippen LogP contribution >= 0.6 is 0 Å². The molecule has 6 nitrogen and oxygen atoms in total. The number of rotatable bonds is 8. The first kappa shape index (κ1) is 17.8. The normalized spacial score (nSPS) is 13.1. The lowest BCUT2D eigenvalue weighted by molar-refractivity contribution is -0.121. The van der Waals surface area contributed by atoms with Gasteiger partial charge in [-0.3, -0.25) is 9.59 Å². The standard InChI is InChI=1S/C16H24N2O4/c1-5-21-13-8-7-12(9-14(13)22-6-2)16(20)18-11(4)10(3)15(17)19/h7-11H,5-6H2,1-4H3,(H2,17,19)(H,18,20). The number of hydrogen-bond donors (Lipinski definition) is 2. The number of ether oxygens (including phenoxy) is 2. The first-order chi connectivity index (χ1) is 10.4. The summed E-state index contributed by atoms with van der Waals surface area (Å²) in [4.78, 5) is 23.4. The Morgan fingerprint density at radius 1 is 1.14 bits per heavy atom. The van der Waals surface area contributed by atoms with Crippen molar-refractivity contribution in [3.05, 3.63) is 23.8 Å². The third kappa shape index (κ3) is 4.65. The van der Waals surface area contributed by atoms with Crippen LogP contribution in [0, 0.1) is 5.92 Å². The van der Waals surface area contributed by atoms with Crippen molar-refractivity contribution in [1.29, 1.82) is 0 Å². The second-order valence-corrected chi connectivity index (χ2v) is 4.98. The van der Waals surface area contributed by atoms with E-state index in [1.54, 1.807) is 32.0 Å². The third-order valence-electron chi connectivity index (χ3n) is 3.36. The van der Waals surface area contributed by atoms with Gasteiger partial charge in [-0.25, -0.2) is 0 Å². The first-order valence-corrected chi connectivity index (χ1v) is 7.40. The molecule has 0 fully saturated rings. The van der Waals surface area contributed by atoms with Crippen molar-refractivity contribution in [3.8, 4) is 11.5 Å². The van der Waals surface area contributed by atoms with Gasteiger partial charge < -0.3 is 20.5 Å². The summed E-state index contributed by atoms with van der Waals surface area (Å²) in [5.74, 6) is -0.0656. The maximum atomic E-state index is 12.2. The fourth-order valence-electron chi connectivity index (χ4n) is 1.85. The van der Waals surface area contributed by atoms with E-state index in [0.29, 0.717) is 30.3 Å². The van der Waals surface area contributed by atoms with Gasteiger partial charge in [0.1, 0.15) is 0 Å². The van der Waals surface area contributed by atoms with Crippen molar-refractivity contribution in [2.45, 2.75) is 33.7 Å². The third-order valence-corrected chi connectivity index (χ3v) is 3.36. The van der Waals surface area contributed by atoms with Crippen LogP contribution in [0.25, 0.3) is 0 Å². The monoisotopic (exact) mass is 308 g/mol. The van der Waals surface area contributed by atoms with Crippen molar-refractivity contribution in [2.75, 3.05) is 13.2 Å². The number of primary amides is 1. The topological polar surface area (TPSA) is 90.6 Å². The van der Waals surface area contributed by atoms with Crippen LogP contribution in [0.2, 0.25) is 0 Å². The van der Waals surface area contributed by atoms with Gasteiger partial charge in [0.15, 0.2) is 11.5 Å². The molecule has 0 aliphatic rings. The summed E-state index contributed by atoms with van der Waals surface area (Å²) in [6, 6.07) is 4.63. The summed E-state index contributed by atoms with van der Waals surface area (Å²) in [6.07, 6.45) is 0. The number of nitrogens with one attached hydrogen (secondary N) is 1. The minimum absolute atomic E-state index is 0.287. The highest BCUT2D eigenvalue weighted by Gasteiger charge is 2.20. The number of carbonyl (C=O) groups excluding carboxylic acids is 2. The maximum Gasteiger partial charge on any atom is 0.251 e. The molecule has 2 amide bonds. The van der Waals surface area contributed by atoms with Gasteiger partial charge in [-0.05, 0) is 39.0 Å². The van der Waals surface area contributed by atoms with Crippen LogP contribution in [0.5, 0.6) is 11.5 Å². The molecular weight excluding hydrogens is 284 g/mol. The second-order valence-electron chi connectivity index (χ2n) is 4.98. The van der Waals surface area contributed by atoms with Gasteiger partial charge in [-0.15, -0.1) is 0 Å². The first-order valence-electron chi connectivity index (χ1n) is 7.40. The molecule has 0 radical (unpaired) electrons. The zero-order valence-electron chi connectivity index (χ0n) is 13.5. The fourth-order valence-corrected chi connectivity index (χ4v) is 1.85. The Labute approximate surface area is 131 Å². The summed E-state index contributed by atoms with van der Waals surface area (Å²) < 4.78 is 10.9. The van der Waals surface area contributed by atoms with Gasteiger partial charge in [-0.1, -0.05) is 6.92 Å². The number of benzene rings is 1. The van der Waals surface area contributed by atoms with Crippen LogP contribution in [0.15, 0.2) is 18.2 Å². The van der Waals surface area contributed by atoms with Crippen LogP contribution in [0.4, 0.5) is 0 Å². The van der Waals surface area contributed by atoms with E-state index in [1.807, 2.05) is 13.8 Å². The maximum absolute atomic E-state index is 12.2. The van der Waals surface area contributed by atoms with Crippen LogP contribution in [-0.4, -0.2) is 31.1 Å². The van der Waals surface area contributed by atoms with Crippen molar-refractivity contribution in [3.63, 3.8) is 0 Å². The molecule has 122 valence electrons. The number of hydrogen-bond acceptors (Lipinski definition) is 4. The fraction of sp³-hybridized carbons (Fsp3) is 0.500. The lowest BCUT2D eigenvalue weighted by Gasteiger charge is -2.19. The molecule has 0 aliphatic heterocycles. The van der Waals surface area contributed by atoms with Crippen LogP contribution in [-0.2, 0) is 4.79 Å². The molecule has 2 unspecified atom stereocenters. The Hall–Kier alpha value is -2.24. The molecule has 2 atom stereocenters. The molecule has 1 rings (SSSR count). The molecule has 6 heteroatoms. The molecule has 0 spiro atoms. The molecule has 1 aromatic rings. The van der Waals surface area contributed by atoms with E-state index in [-0.39, 0.29) is 11.9 Å². The van der Waals surface area contributed by atoms with Gasteiger partial charge in [0.2, 0.25) is 5.91 Å². The lowest BCUT2D eigenvalue weighted by atomic mass is 10.0. The quantitative estimate of drug-likeness (QED) is 0.765. The summed E-state index contributed by atoms with van der Waals surface area (Å²) in [7, 11) is 0. The van der Waals surface area contributed by atoms with Crippen LogP contribution < -0.4 is 20.5 Å². The van der Waals surface area contributed by atoms with E-state index in [4.69, 9.17) is 15.2 Å². The van der Waals surface area contributed by atoms with Crippen LogP contribution in [0.3, 0.4) is 0 Å². The van der Waals surface area contributed by atoms with E-state index >= 15 is 0 Å². The number of nitrogens with two attached hydrogens (primary N) is 1. The summed E-state index contributed by atoms with van der Waals surface area (Å²) in [5, 5.41) is 2.76. The molecule has 0 saturated carbocycles. The summed E-state index contributed by atoms with van der Waals surface area (Å²) in [6.45, 7) is 8.14. The largest absolute Gasteiger partial charge is 0.490 e. The van der Waals surface area contributed by atoms with Gasteiger partial charge in [0, 0.05) is 11.6 Å². The van der Waals surface area contributed by atoms with Crippen LogP contribution in [0.1, 0.15) is 38.1 Å². The predicted octanol–water partition coefficient (Wildman–Crippen LogP) is 1.72. The second kappa shape index (κ2) is 8.26. The highest BCUT2D eigenvalue weighted by molar-refractivity contribution is 5.95. The van der Waals surface area contributed by atoms with E-state index < -0.39 is 11.8 Å². The van der Waals surface area contributed by atoms with Crippen molar-refractivity contribution in [2.24, 2.45) is 11.7 Å². The average Bonchev–Trinajstić information content (AvgIpc) is 2.48. The van der Waals surface area contributed by atoms with Gasteiger partial charge in [-0.2, -0.15) is 0 Å².